The summed E-state index contributed by atoms with van der Waals surface area (Å²) in [6.45, 7) is 10.3. The number of halogens is 2. The molecule has 1 aromatic carbocycles. The number of pyridine rings is 1. The van der Waals surface area contributed by atoms with Gasteiger partial charge in [0.1, 0.15) is 41.2 Å². The van der Waals surface area contributed by atoms with E-state index in [2.05, 4.69) is 16.7 Å². The normalized spacial score (nSPS) is 27.0. The SMILES string of the molecule is CCC1CCc2cc(OCOC)cc(-c3ncc4c(N5C[C@H]6CC[C@@H](C5)N6C(=O)OC(C)(C)C)nc(OC[C@@]56CCCN5C[C@H](F)C6)nc4c3F)c21. The van der Waals surface area contributed by atoms with Crippen molar-refractivity contribution in [2.75, 3.05) is 51.6 Å². The van der Waals surface area contributed by atoms with Gasteiger partial charge in [-0.25, -0.2) is 13.6 Å². The van der Waals surface area contributed by atoms with E-state index in [-0.39, 0.29) is 54.7 Å². The predicted molar refractivity (Wildman–Crippen MR) is 192 cm³/mol. The molecule has 0 spiro atoms. The highest BCUT2D eigenvalue weighted by molar-refractivity contribution is 5.92. The lowest BCUT2D eigenvalue weighted by Crippen LogP contribution is -2.57. The summed E-state index contributed by atoms with van der Waals surface area (Å²) in [7, 11) is 1.57. The van der Waals surface area contributed by atoms with Crippen molar-refractivity contribution in [2.45, 2.75) is 114 Å². The maximum absolute atomic E-state index is 17.2. The number of methoxy groups -OCH3 is 1. The first kappa shape index (κ1) is 35.2. The van der Waals surface area contributed by atoms with Crippen molar-refractivity contribution in [3.63, 3.8) is 0 Å². The number of benzene rings is 1. The Morgan fingerprint density at radius 2 is 1.87 bits per heavy atom. The molecular weight excluding hydrogens is 670 g/mol. The molecule has 5 atom stereocenters. The zero-order chi connectivity index (χ0) is 36.4. The molecule has 0 saturated carbocycles. The van der Waals surface area contributed by atoms with Crippen LogP contribution in [0.2, 0.25) is 0 Å². The van der Waals surface area contributed by atoms with Gasteiger partial charge in [0.15, 0.2) is 12.6 Å². The van der Waals surface area contributed by atoms with Gasteiger partial charge in [-0.15, -0.1) is 0 Å². The van der Waals surface area contributed by atoms with Crippen molar-refractivity contribution in [3.05, 3.63) is 35.3 Å². The summed E-state index contributed by atoms with van der Waals surface area (Å²) in [6.07, 6.45) is 7.09. The lowest BCUT2D eigenvalue weighted by atomic mass is 9.91. The van der Waals surface area contributed by atoms with Crippen LogP contribution in [0.5, 0.6) is 11.8 Å². The molecule has 2 bridgehead atoms. The molecule has 4 fully saturated rings. The zero-order valence-electron chi connectivity index (χ0n) is 30.9. The molecule has 0 radical (unpaired) electrons. The number of amides is 1. The van der Waals surface area contributed by atoms with Gasteiger partial charge in [0.05, 0.1) is 23.0 Å². The number of alkyl halides is 1. The molecule has 2 aromatic heterocycles. The summed E-state index contributed by atoms with van der Waals surface area (Å²) in [5, 5.41) is 0.472. The number of anilines is 1. The molecule has 52 heavy (non-hydrogen) atoms. The van der Waals surface area contributed by atoms with Gasteiger partial charge >= 0.3 is 12.1 Å². The number of nitrogens with zero attached hydrogens (tertiary/aromatic N) is 6. The van der Waals surface area contributed by atoms with E-state index in [4.69, 9.17) is 33.9 Å². The van der Waals surface area contributed by atoms with Crippen LogP contribution in [-0.2, 0) is 15.9 Å². The van der Waals surface area contributed by atoms with Gasteiger partial charge in [-0.3, -0.25) is 14.8 Å². The first-order valence-corrected chi connectivity index (χ1v) is 18.9. The second-order valence-corrected chi connectivity index (χ2v) is 16.3. The summed E-state index contributed by atoms with van der Waals surface area (Å²) in [5.41, 5.74) is 2.22. The topological polar surface area (TPSA) is 102 Å². The molecule has 5 aliphatic rings. The molecule has 1 unspecified atom stereocenters. The number of carbonyl (C=O) groups is 1. The van der Waals surface area contributed by atoms with Crippen molar-refractivity contribution in [2.24, 2.45) is 0 Å². The Balaban J connectivity index is 1.20. The number of rotatable bonds is 9. The summed E-state index contributed by atoms with van der Waals surface area (Å²) in [6, 6.07) is 3.76. The molecule has 3 aromatic rings. The van der Waals surface area contributed by atoms with Crippen LogP contribution in [0.25, 0.3) is 22.2 Å². The number of hydrogen-bond donors (Lipinski definition) is 0. The average molecular weight is 721 g/mol. The molecule has 8 rings (SSSR count). The van der Waals surface area contributed by atoms with Gasteiger partial charge in [0.25, 0.3) is 0 Å². The molecule has 4 aliphatic heterocycles. The molecule has 11 nitrogen and oxygen atoms in total. The van der Waals surface area contributed by atoms with Gasteiger partial charge in [0, 0.05) is 44.9 Å². The van der Waals surface area contributed by atoms with Crippen molar-refractivity contribution >= 4 is 22.8 Å². The van der Waals surface area contributed by atoms with E-state index in [0.717, 1.165) is 62.6 Å². The molecule has 1 aliphatic carbocycles. The van der Waals surface area contributed by atoms with E-state index in [9.17, 15) is 9.18 Å². The van der Waals surface area contributed by atoms with E-state index < -0.39 is 23.1 Å². The van der Waals surface area contributed by atoms with E-state index in [1.165, 1.54) is 0 Å². The molecule has 0 N–H and O–H groups in total. The smallest absolute Gasteiger partial charge is 0.410 e. The van der Waals surface area contributed by atoms with Crippen molar-refractivity contribution in [3.8, 4) is 23.0 Å². The molecule has 280 valence electrons. The van der Waals surface area contributed by atoms with Crippen LogP contribution in [0.4, 0.5) is 19.4 Å². The fraction of sp³-hybridized carbons (Fsp3) is 0.641. The second kappa shape index (κ2) is 13.5. The average Bonchev–Trinajstić information content (AvgIpc) is 3.84. The van der Waals surface area contributed by atoms with E-state index >= 15 is 4.39 Å². The minimum atomic E-state index is -0.905. The van der Waals surface area contributed by atoms with Crippen LogP contribution in [0, 0.1) is 5.82 Å². The zero-order valence-corrected chi connectivity index (χ0v) is 30.9. The molecular formula is C39H50F2N6O5. The van der Waals surface area contributed by atoms with Crippen LogP contribution in [0.15, 0.2) is 18.3 Å². The summed E-state index contributed by atoms with van der Waals surface area (Å²) < 4.78 is 55.1. The Morgan fingerprint density at radius 1 is 1.08 bits per heavy atom. The number of fused-ring (bicyclic) bond motifs is 5. The van der Waals surface area contributed by atoms with E-state index in [1.807, 2.05) is 37.8 Å². The second-order valence-electron chi connectivity index (χ2n) is 16.3. The Kier molecular flexibility index (Phi) is 9.16. The largest absolute Gasteiger partial charge is 0.468 e. The van der Waals surface area contributed by atoms with Crippen molar-refractivity contribution < 1.29 is 32.5 Å². The van der Waals surface area contributed by atoms with Crippen LogP contribution in [-0.4, -0.2) is 107 Å². The highest BCUT2D eigenvalue weighted by atomic mass is 19.1. The molecule has 4 saturated heterocycles. The minimum absolute atomic E-state index is 0.0536. The fourth-order valence-electron chi connectivity index (χ4n) is 9.51. The third-order valence-electron chi connectivity index (χ3n) is 11.8. The number of hydrogen-bond acceptors (Lipinski definition) is 10. The molecule has 13 heteroatoms. The Hall–Kier alpha value is -3.84. The van der Waals surface area contributed by atoms with Crippen LogP contribution in [0.3, 0.4) is 0 Å². The number of piperazine rings is 1. The lowest BCUT2D eigenvalue weighted by molar-refractivity contribution is 0.0122. The number of aryl methyl sites for hydroxylation is 1. The first-order chi connectivity index (χ1) is 25.0. The van der Waals surface area contributed by atoms with Gasteiger partial charge in [-0.05, 0) is 101 Å². The maximum atomic E-state index is 17.2. The third kappa shape index (κ3) is 6.31. The number of carbonyl (C=O) groups excluding carboxylic acids is 1. The summed E-state index contributed by atoms with van der Waals surface area (Å²) >= 11 is 0. The molecule has 6 heterocycles. The maximum Gasteiger partial charge on any atom is 0.410 e. The Labute approximate surface area is 304 Å². The standard InChI is InChI=1S/C39H50F2N6O5/c1-6-23-8-9-24-14-28(51-22-49-5)15-29(31(23)24)33-32(41)34-30(17-42-33)35(44-36(43-34)50-21-39-12-7-13-46(39)18-25(40)16-39)45-19-26-10-11-27(20-45)47(26)37(48)52-38(2,3)4/h14-15,17,23,25-27H,6-13,16,18-22H2,1-5H3/t23?,25-,26-,27+,39+/m1/s1. The van der Waals surface area contributed by atoms with Gasteiger partial charge in [0.2, 0.25) is 0 Å². The number of ether oxygens (including phenoxy) is 4. The highest BCUT2D eigenvalue weighted by Crippen LogP contribution is 2.46. The Morgan fingerprint density at radius 3 is 2.60 bits per heavy atom. The Bertz CT molecular complexity index is 1840. The van der Waals surface area contributed by atoms with Crippen LogP contribution in [0.1, 0.15) is 89.7 Å². The van der Waals surface area contributed by atoms with Crippen molar-refractivity contribution in [1.82, 2.24) is 24.8 Å². The quantitative estimate of drug-likeness (QED) is 0.220. The summed E-state index contributed by atoms with van der Waals surface area (Å²) in [5.74, 6) is 0.833. The number of aromatic nitrogens is 3. The van der Waals surface area contributed by atoms with Gasteiger partial charge in [-0.1, -0.05) is 6.92 Å². The van der Waals surface area contributed by atoms with Gasteiger partial charge in [-0.2, -0.15) is 9.97 Å². The van der Waals surface area contributed by atoms with E-state index in [0.29, 0.717) is 48.6 Å². The van der Waals surface area contributed by atoms with E-state index in [1.54, 1.807) is 13.3 Å². The van der Waals surface area contributed by atoms with Gasteiger partial charge < -0.3 is 23.8 Å². The minimum Gasteiger partial charge on any atom is -0.468 e. The third-order valence-corrected chi connectivity index (χ3v) is 11.8. The van der Waals surface area contributed by atoms with Crippen LogP contribution >= 0.6 is 0 Å². The monoisotopic (exact) mass is 720 g/mol. The predicted octanol–water partition coefficient (Wildman–Crippen LogP) is 6.80. The summed E-state index contributed by atoms with van der Waals surface area (Å²) in [4.78, 5) is 33.9. The van der Waals surface area contributed by atoms with Crippen LogP contribution < -0.4 is 14.4 Å². The van der Waals surface area contributed by atoms with Crippen molar-refractivity contribution in [1.29, 1.82) is 0 Å². The fourth-order valence-corrected chi connectivity index (χ4v) is 9.51. The first-order valence-electron chi connectivity index (χ1n) is 18.9. The highest BCUT2D eigenvalue weighted by Gasteiger charge is 2.50. The molecule has 1 amide bonds. The lowest BCUT2D eigenvalue weighted by Gasteiger charge is -2.42.